The van der Waals surface area contributed by atoms with Crippen molar-refractivity contribution in [2.45, 2.75) is 52.0 Å². The number of hydrogen-bond acceptors (Lipinski definition) is 6. The van der Waals surface area contributed by atoms with Gasteiger partial charge in [0.1, 0.15) is 10.7 Å². The smallest absolute Gasteiger partial charge is 0.288 e. The highest BCUT2D eigenvalue weighted by atomic mass is 32.1. The minimum atomic E-state index is -0.566. The maximum atomic E-state index is 13.2. The normalized spacial score (nSPS) is 18.4. The second-order valence-electron chi connectivity index (χ2n) is 8.75. The number of hydrazine groups is 1. The standard InChI is InChI=1S/C25H29N5O3S/c1-16(13-18-7-4-3-5-8-18)22(31)28-29-23(32)20-14-19(10-11-26-20)25(33)30-12-6-9-21(30)24-27-17(2)15-34-24/h3-4,7,10-11,14-16,21H,5-6,8-9,12-13H2,1-2H3,(H,28,31)(H,29,32)/t16?,21-/m1/s1. The number of pyridine rings is 1. The van der Waals surface area contributed by atoms with Crippen LogP contribution in [0.15, 0.2) is 47.5 Å². The van der Waals surface area contributed by atoms with Gasteiger partial charge in [-0.3, -0.25) is 30.2 Å². The van der Waals surface area contributed by atoms with Gasteiger partial charge >= 0.3 is 0 Å². The van der Waals surface area contributed by atoms with E-state index >= 15 is 0 Å². The zero-order valence-corrected chi connectivity index (χ0v) is 20.2. The van der Waals surface area contributed by atoms with Crippen LogP contribution in [0.4, 0.5) is 0 Å². The van der Waals surface area contributed by atoms with Gasteiger partial charge in [-0.15, -0.1) is 11.3 Å². The molecule has 2 N–H and O–H groups in total. The molecule has 1 unspecified atom stereocenters. The molecule has 0 spiro atoms. The van der Waals surface area contributed by atoms with Gasteiger partial charge in [0.25, 0.3) is 11.8 Å². The van der Waals surface area contributed by atoms with Crippen LogP contribution < -0.4 is 10.9 Å². The van der Waals surface area contributed by atoms with E-state index in [0.29, 0.717) is 18.5 Å². The first-order valence-electron chi connectivity index (χ1n) is 11.6. The maximum absolute atomic E-state index is 13.2. The highest BCUT2D eigenvalue weighted by molar-refractivity contribution is 7.09. The third-order valence-corrected chi connectivity index (χ3v) is 7.15. The Morgan fingerprint density at radius 1 is 1.29 bits per heavy atom. The van der Waals surface area contributed by atoms with Crippen molar-refractivity contribution in [2.75, 3.05) is 6.54 Å². The number of rotatable bonds is 6. The van der Waals surface area contributed by atoms with Gasteiger partial charge in [-0.25, -0.2) is 4.98 Å². The molecule has 0 aromatic carbocycles. The Balaban J connectivity index is 1.36. The van der Waals surface area contributed by atoms with Gasteiger partial charge in [-0.2, -0.15) is 0 Å². The van der Waals surface area contributed by atoms with Crippen molar-refractivity contribution in [1.82, 2.24) is 25.7 Å². The largest absolute Gasteiger partial charge is 0.329 e. The van der Waals surface area contributed by atoms with Crippen LogP contribution in [0.1, 0.15) is 76.6 Å². The molecule has 1 saturated heterocycles. The molecule has 2 aromatic rings. The van der Waals surface area contributed by atoms with Crippen LogP contribution in [0.5, 0.6) is 0 Å². The third kappa shape index (κ3) is 5.59. The molecule has 2 aliphatic rings. The second kappa shape index (κ2) is 10.7. The van der Waals surface area contributed by atoms with Crippen molar-refractivity contribution in [3.8, 4) is 0 Å². The summed E-state index contributed by atoms with van der Waals surface area (Å²) in [6.45, 7) is 4.42. The fourth-order valence-corrected chi connectivity index (χ4v) is 5.20. The average Bonchev–Trinajstić information content (AvgIpc) is 3.51. The van der Waals surface area contributed by atoms with Crippen LogP contribution in [0, 0.1) is 12.8 Å². The summed E-state index contributed by atoms with van der Waals surface area (Å²) in [5.41, 5.74) is 7.53. The summed E-state index contributed by atoms with van der Waals surface area (Å²) in [6, 6.07) is 3.02. The number of carbonyl (C=O) groups excluding carboxylic acids is 3. The van der Waals surface area contributed by atoms with Crippen LogP contribution in [0.25, 0.3) is 0 Å². The van der Waals surface area contributed by atoms with Crippen molar-refractivity contribution < 1.29 is 14.4 Å². The van der Waals surface area contributed by atoms with Crippen LogP contribution in [0.2, 0.25) is 0 Å². The fraction of sp³-hybridized carbons (Fsp3) is 0.400. The quantitative estimate of drug-likeness (QED) is 0.612. The van der Waals surface area contributed by atoms with Gasteiger partial charge in [0.05, 0.1) is 6.04 Å². The number of nitrogens with one attached hydrogen (secondary N) is 2. The summed E-state index contributed by atoms with van der Waals surface area (Å²) in [5, 5.41) is 2.93. The highest BCUT2D eigenvalue weighted by Gasteiger charge is 2.32. The minimum absolute atomic E-state index is 0.0489. The number of carbonyl (C=O) groups is 3. The van der Waals surface area contributed by atoms with Crippen LogP contribution >= 0.6 is 11.3 Å². The van der Waals surface area contributed by atoms with Crippen molar-refractivity contribution in [3.63, 3.8) is 0 Å². The summed E-state index contributed by atoms with van der Waals surface area (Å²) in [5.74, 6) is -1.27. The SMILES string of the molecule is Cc1csc([C@H]2CCCN2C(=O)c2ccnc(C(=O)NNC(=O)C(C)CC3=CC=CCC3)c2)n1. The first kappa shape index (κ1) is 23.8. The lowest BCUT2D eigenvalue weighted by Crippen LogP contribution is -2.44. The number of amides is 3. The summed E-state index contributed by atoms with van der Waals surface area (Å²) < 4.78 is 0. The topological polar surface area (TPSA) is 104 Å². The van der Waals surface area contributed by atoms with E-state index in [1.807, 2.05) is 36.3 Å². The Kier molecular flexibility index (Phi) is 7.52. The number of likely N-dealkylation sites (tertiary alicyclic amines) is 1. The van der Waals surface area contributed by atoms with Gasteiger partial charge in [0.15, 0.2) is 0 Å². The summed E-state index contributed by atoms with van der Waals surface area (Å²) >= 11 is 1.57. The molecule has 3 heterocycles. The minimum Gasteiger partial charge on any atom is -0.329 e. The van der Waals surface area contributed by atoms with E-state index in [9.17, 15) is 14.4 Å². The number of allylic oxidation sites excluding steroid dienone is 4. The summed E-state index contributed by atoms with van der Waals surface area (Å²) in [6.07, 6.45) is 11.9. The van der Waals surface area contributed by atoms with E-state index in [1.54, 1.807) is 17.4 Å². The van der Waals surface area contributed by atoms with Crippen molar-refractivity contribution in [3.05, 3.63) is 69.5 Å². The van der Waals surface area contributed by atoms with E-state index in [2.05, 4.69) is 26.9 Å². The molecule has 178 valence electrons. The Labute approximate surface area is 203 Å². The Bertz CT molecular complexity index is 1140. The molecule has 1 aliphatic carbocycles. The molecule has 0 saturated carbocycles. The van der Waals surface area contributed by atoms with E-state index in [4.69, 9.17) is 0 Å². The highest BCUT2D eigenvalue weighted by Crippen LogP contribution is 2.34. The molecular formula is C25H29N5O3S. The number of hydrogen-bond donors (Lipinski definition) is 2. The van der Waals surface area contributed by atoms with Crippen molar-refractivity contribution in [2.24, 2.45) is 5.92 Å². The van der Waals surface area contributed by atoms with Crippen LogP contribution in [-0.2, 0) is 4.79 Å². The molecular weight excluding hydrogens is 450 g/mol. The predicted octanol–water partition coefficient (Wildman–Crippen LogP) is 3.89. The first-order chi connectivity index (χ1) is 16.4. The van der Waals surface area contributed by atoms with E-state index in [0.717, 1.165) is 36.4 Å². The van der Waals surface area contributed by atoms with Crippen molar-refractivity contribution in [1.29, 1.82) is 0 Å². The Hall–Kier alpha value is -3.33. The average molecular weight is 480 g/mol. The second-order valence-corrected chi connectivity index (χ2v) is 9.64. The first-order valence-corrected chi connectivity index (χ1v) is 12.4. The van der Waals surface area contributed by atoms with Gasteiger partial charge in [-0.1, -0.05) is 30.7 Å². The van der Waals surface area contributed by atoms with Crippen molar-refractivity contribution >= 4 is 29.1 Å². The molecule has 2 aromatic heterocycles. The molecule has 3 amide bonds. The summed E-state index contributed by atoms with van der Waals surface area (Å²) in [4.78, 5) is 48.7. The lowest BCUT2D eigenvalue weighted by molar-refractivity contribution is -0.125. The van der Waals surface area contributed by atoms with Gasteiger partial charge in [0.2, 0.25) is 5.91 Å². The molecule has 4 rings (SSSR count). The molecule has 0 bridgehead atoms. The molecule has 1 aliphatic heterocycles. The Morgan fingerprint density at radius 3 is 2.88 bits per heavy atom. The molecule has 1 fully saturated rings. The fourth-order valence-electron chi connectivity index (χ4n) is 4.26. The zero-order chi connectivity index (χ0) is 24.1. The molecule has 0 radical (unpaired) electrons. The van der Waals surface area contributed by atoms with Gasteiger partial charge in [0, 0.05) is 35.3 Å². The molecule has 9 heteroatoms. The monoisotopic (exact) mass is 479 g/mol. The van der Waals surface area contributed by atoms with E-state index in [-0.39, 0.29) is 29.5 Å². The number of nitrogens with zero attached hydrogens (tertiary/aromatic N) is 3. The third-order valence-electron chi connectivity index (χ3n) is 6.09. The van der Waals surface area contributed by atoms with E-state index in [1.165, 1.54) is 17.8 Å². The molecule has 8 nitrogen and oxygen atoms in total. The number of aryl methyl sites for hydroxylation is 1. The van der Waals surface area contributed by atoms with Crippen LogP contribution in [0.3, 0.4) is 0 Å². The van der Waals surface area contributed by atoms with Crippen LogP contribution in [-0.4, -0.2) is 39.1 Å². The predicted molar refractivity (Wildman–Crippen MR) is 130 cm³/mol. The van der Waals surface area contributed by atoms with Gasteiger partial charge in [-0.05, 0) is 51.2 Å². The van der Waals surface area contributed by atoms with E-state index < -0.39 is 5.91 Å². The molecule has 34 heavy (non-hydrogen) atoms. The van der Waals surface area contributed by atoms with Gasteiger partial charge < -0.3 is 4.90 Å². The number of aromatic nitrogens is 2. The lowest BCUT2D eigenvalue weighted by atomic mass is 9.94. The zero-order valence-electron chi connectivity index (χ0n) is 19.4. The number of thiazole rings is 1. The molecule has 2 atom stereocenters. The summed E-state index contributed by atoms with van der Waals surface area (Å²) in [7, 11) is 0. The maximum Gasteiger partial charge on any atom is 0.288 e. The Morgan fingerprint density at radius 2 is 2.15 bits per heavy atom. The lowest BCUT2D eigenvalue weighted by Gasteiger charge is -2.23.